The molecule has 0 bridgehead atoms. The Morgan fingerprint density at radius 2 is 2.50 bits per heavy atom. The highest BCUT2D eigenvalue weighted by molar-refractivity contribution is 7.80. The third-order valence-electron chi connectivity index (χ3n) is 0.828. The van der Waals surface area contributed by atoms with Crippen molar-refractivity contribution in [3.63, 3.8) is 0 Å². The van der Waals surface area contributed by atoms with E-state index in [0.29, 0.717) is 18.3 Å². The van der Waals surface area contributed by atoms with Gasteiger partial charge in [0.1, 0.15) is 0 Å². The summed E-state index contributed by atoms with van der Waals surface area (Å²) in [5.74, 6) is 0. The SMILES string of the molecule is C=CCNC(=S)OCCC. The number of rotatable bonds is 4. The molecule has 58 valence electrons. The van der Waals surface area contributed by atoms with Crippen LogP contribution in [0.3, 0.4) is 0 Å². The fourth-order valence-electron chi connectivity index (χ4n) is 0.401. The number of hydrogen-bond acceptors (Lipinski definition) is 2. The number of ether oxygens (including phenoxy) is 1. The molecule has 2 nitrogen and oxygen atoms in total. The van der Waals surface area contributed by atoms with Crippen molar-refractivity contribution in [2.24, 2.45) is 0 Å². The molecule has 0 aromatic rings. The minimum Gasteiger partial charge on any atom is -0.471 e. The quantitative estimate of drug-likeness (QED) is 0.496. The average Bonchev–Trinajstić information content (AvgIpc) is 1.97. The van der Waals surface area contributed by atoms with Gasteiger partial charge in [-0.05, 0) is 18.6 Å². The lowest BCUT2D eigenvalue weighted by atomic mass is 10.5. The molecule has 0 aliphatic heterocycles. The second kappa shape index (κ2) is 6.55. The molecule has 3 heteroatoms. The molecule has 0 aromatic heterocycles. The van der Waals surface area contributed by atoms with Crippen molar-refractivity contribution in [3.05, 3.63) is 12.7 Å². The van der Waals surface area contributed by atoms with Gasteiger partial charge in [-0.1, -0.05) is 13.0 Å². The van der Waals surface area contributed by atoms with Crippen molar-refractivity contribution in [1.82, 2.24) is 5.32 Å². The smallest absolute Gasteiger partial charge is 0.256 e. The third kappa shape index (κ3) is 5.56. The van der Waals surface area contributed by atoms with Crippen molar-refractivity contribution < 1.29 is 4.74 Å². The maximum atomic E-state index is 5.07. The largest absolute Gasteiger partial charge is 0.471 e. The molecule has 0 aliphatic rings. The van der Waals surface area contributed by atoms with Crippen LogP contribution in [0.4, 0.5) is 0 Å². The minimum atomic E-state index is 0.460. The Labute approximate surface area is 67.3 Å². The topological polar surface area (TPSA) is 21.3 Å². The molecular formula is C7H13NOS. The van der Waals surface area contributed by atoms with Gasteiger partial charge < -0.3 is 10.1 Å². The van der Waals surface area contributed by atoms with Gasteiger partial charge in [0, 0.05) is 6.54 Å². The van der Waals surface area contributed by atoms with E-state index >= 15 is 0 Å². The Hall–Kier alpha value is -0.570. The molecule has 0 heterocycles. The van der Waals surface area contributed by atoms with Crippen molar-refractivity contribution >= 4 is 17.4 Å². The van der Waals surface area contributed by atoms with Gasteiger partial charge in [0.15, 0.2) is 0 Å². The van der Waals surface area contributed by atoms with Crippen LogP contribution in [0.25, 0.3) is 0 Å². The Morgan fingerprint density at radius 1 is 1.80 bits per heavy atom. The number of hydrogen-bond donors (Lipinski definition) is 1. The van der Waals surface area contributed by atoms with Crippen molar-refractivity contribution in [2.75, 3.05) is 13.2 Å². The molecule has 0 saturated carbocycles. The summed E-state index contributed by atoms with van der Waals surface area (Å²) in [4.78, 5) is 0. The first-order valence-electron chi connectivity index (χ1n) is 3.32. The molecule has 0 radical (unpaired) electrons. The lowest BCUT2D eigenvalue weighted by Gasteiger charge is -2.05. The van der Waals surface area contributed by atoms with Gasteiger partial charge in [-0.25, -0.2) is 0 Å². The second-order valence-corrected chi connectivity index (χ2v) is 2.18. The highest BCUT2D eigenvalue weighted by Gasteiger charge is 1.90. The van der Waals surface area contributed by atoms with Crippen LogP contribution in [0.15, 0.2) is 12.7 Å². The Balaban J connectivity index is 3.16. The summed E-state index contributed by atoms with van der Waals surface area (Å²) in [5, 5.41) is 3.32. The first-order valence-corrected chi connectivity index (χ1v) is 3.73. The molecule has 0 unspecified atom stereocenters. The van der Waals surface area contributed by atoms with Crippen LogP contribution in [-0.2, 0) is 4.74 Å². The lowest BCUT2D eigenvalue weighted by Crippen LogP contribution is -2.23. The van der Waals surface area contributed by atoms with Gasteiger partial charge >= 0.3 is 0 Å². The second-order valence-electron chi connectivity index (χ2n) is 1.81. The minimum absolute atomic E-state index is 0.460. The summed E-state index contributed by atoms with van der Waals surface area (Å²) in [5.41, 5.74) is 0. The fourth-order valence-corrected chi connectivity index (χ4v) is 0.568. The first-order chi connectivity index (χ1) is 4.81. The Morgan fingerprint density at radius 3 is 3.00 bits per heavy atom. The molecule has 0 aromatic carbocycles. The van der Waals surface area contributed by atoms with Crippen LogP contribution in [0.2, 0.25) is 0 Å². The monoisotopic (exact) mass is 159 g/mol. The normalized spacial score (nSPS) is 8.50. The van der Waals surface area contributed by atoms with Gasteiger partial charge in [0.25, 0.3) is 5.17 Å². The number of nitrogens with one attached hydrogen (secondary N) is 1. The summed E-state index contributed by atoms with van der Waals surface area (Å²) in [6.07, 6.45) is 2.72. The van der Waals surface area contributed by atoms with Gasteiger partial charge in [0.2, 0.25) is 0 Å². The highest BCUT2D eigenvalue weighted by Crippen LogP contribution is 1.81. The molecule has 1 N–H and O–H groups in total. The third-order valence-corrected chi connectivity index (χ3v) is 1.09. The van der Waals surface area contributed by atoms with E-state index in [2.05, 4.69) is 11.9 Å². The molecule has 0 spiro atoms. The lowest BCUT2D eigenvalue weighted by molar-refractivity contribution is 0.300. The van der Waals surface area contributed by atoms with Crippen LogP contribution in [0.5, 0.6) is 0 Å². The summed E-state index contributed by atoms with van der Waals surface area (Å²) in [7, 11) is 0. The van der Waals surface area contributed by atoms with E-state index in [9.17, 15) is 0 Å². The molecule has 0 atom stereocenters. The van der Waals surface area contributed by atoms with Gasteiger partial charge in [-0.15, -0.1) is 6.58 Å². The van der Waals surface area contributed by atoms with E-state index in [1.807, 2.05) is 6.92 Å². The summed E-state index contributed by atoms with van der Waals surface area (Å²) >= 11 is 4.80. The van der Waals surface area contributed by atoms with Crippen LogP contribution >= 0.6 is 12.2 Å². The van der Waals surface area contributed by atoms with Crippen LogP contribution < -0.4 is 5.32 Å². The molecule has 10 heavy (non-hydrogen) atoms. The van der Waals surface area contributed by atoms with Gasteiger partial charge in [-0.2, -0.15) is 0 Å². The summed E-state index contributed by atoms with van der Waals surface area (Å²) in [6, 6.07) is 0. The molecule has 0 rings (SSSR count). The predicted molar refractivity (Wildman–Crippen MR) is 47.0 cm³/mol. The molecular weight excluding hydrogens is 146 g/mol. The van der Waals surface area contributed by atoms with Gasteiger partial charge in [-0.3, -0.25) is 0 Å². The van der Waals surface area contributed by atoms with E-state index in [1.165, 1.54) is 0 Å². The first kappa shape index (κ1) is 9.43. The zero-order valence-corrected chi connectivity index (χ0v) is 7.04. The zero-order chi connectivity index (χ0) is 7.82. The van der Waals surface area contributed by atoms with Crippen LogP contribution in [0.1, 0.15) is 13.3 Å². The van der Waals surface area contributed by atoms with Crippen molar-refractivity contribution in [2.45, 2.75) is 13.3 Å². The Kier molecular flexibility index (Phi) is 6.18. The van der Waals surface area contributed by atoms with E-state index in [-0.39, 0.29) is 0 Å². The maximum Gasteiger partial charge on any atom is 0.256 e. The van der Waals surface area contributed by atoms with Crippen LogP contribution in [-0.4, -0.2) is 18.3 Å². The van der Waals surface area contributed by atoms with E-state index < -0.39 is 0 Å². The summed E-state index contributed by atoms with van der Waals surface area (Å²) < 4.78 is 5.07. The van der Waals surface area contributed by atoms with Crippen molar-refractivity contribution in [3.8, 4) is 0 Å². The van der Waals surface area contributed by atoms with Crippen molar-refractivity contribution in [1.29, 1.82) is 0 Å². The molecule has 0 fully saturated rings. The van der Waals surface area contributed by atoms with E-state index in [0.717, 1.165) is 6.42 Å². The molecule has 0 amide bonds. The summed E-state index contributed by atoms with van der Waals surface area (Å²) in [6.45, 7) is 6.93. The Bertz CT molecular complexity index is 114. The van der Waals surface area contributed by atoms with E-state index in [1.54, 1.807) is 6.08 Å². The number of thiocarbonyl (C=S) groups is 1. The molecule has 0 aliphatic carbocycles. The fraction of sp³-hybridized carbons (Fsp3) is 0.571. The van der Waals surface area contributed by atoms with Gasteiger partial charge in [0.05, 0.1) is 6.61 Å². The predicted octanol–water partition coefficient (Wildman–Crippen LogP) is 1.47. The highest BCUT2D eigenvalue weighted by atomic mass is 32.1. The van der Waals surface area contributed by atoms with Crippen LogP contribution in [0, 0.1) is 0 Å². The zero-order valence-electron chi connectivity index (χ0n) is 6.22. The van der Waals surface area contributed by atoms with E-state index in [4.69, 9.17) is 17.0 Å². The average molecular weight is 159 g/mol. The molecule has 0 saturated heterocycles. The maximum absolute atomic E-state index is 5.07. The standard InChI is InChI=1S/C7H13NOS/c1-3-5-8-7(10)9-6-4-2/h3H,1,4-6H2,2H3,(H,8,10).